The first-order valence-corrected chi connectivity index (χ1v) is 12.4. The van der Waals surface area contributed by atoms with Crippen molar-refractivity contribution in [3.8, 4) is 0 Å². The summed E-state index contributed by atoms with van der Waals surface area (Å²) in [5.41, 5.74) is 2.99. The minimum absolute atomic E-state index is 0.266. The average molecular weight is 539 g/mol. The summed E-state index contributed by atoms with van der Waals surface area (Å²) in [6, 6.07) is 17.8. The van der Waals surface area contributed by atoms with Crippen molar-refractivity contribution >= 4 is 52.4 Å². The van der Waals surface area contributed by atoms with Gasteiger partial charge in [-0.25, -0.2) is 9.59 Å². The van der Waals surface area contributed by atoms with Crippen LogP contribution in [0.3, 0.4) is 0 Å². The highest BCUT2D eigenvalue weighted by Gasteiger charge is 2.36. The van der Waals surface area contributed by atoms with Crippen LogP contribution in [0.15, 0.2) is 78.5 Å². The molecule has 0 aliphatic carbocycles. The lowest BCUT2D eigenvalue weighted by Gasteiger charge is -2.26. The standard InChI is InChI=1S/C28H24Cl2N2O5/c1-3-36-27(34)17-5-10-20(11-6-17)31-24-16-25(22-14-9-19(29)15-23(22)30)32(26(24)33)21-12-7-18(8-13-21)28(35)37-4-2/h5-16,25,31H,3-4H2,1-2H3/t25-/m0/s1. The second-order valence-electron chi connectivity index (χ2n) is 8.06. The van der Waals surface area contributed by atoms with Crippen molar-refractivity contribution in [2.45, 2.75) is 19.9 Å². The fourth-order valence-electron chi connectivity index (χ4n) is 3.94. The summed E-state index contributed by atoms with van der Waals surface area (Å²) >= 11 is 12.6. The topological polar surface area (TPSA) is 84.9 Å². The van der Waals surface area contributed by atoms with Gasteiger partial charge >= 0.3 is 11.9 Å². The van der Waals surface area contributed by atoms with Crippen LogP contribution in [-0.2, 0) is 14.3 Å². The third-order valence-corrected chi connectivity index (χ3v) is 6.23. The number of anilines is 2. The van der Waals surface area contributed by atoms with Crippen LogP contribution in [-0.4, -0.2) is 31.1 Å². The smallest absolute Gasteiger partial charge is 0.338 e. The Bertz CT molecular complexity index is 1350. The van der Waals surface area contributed by atoms with E-state index in [1.807, 2.05) is 0 Å². The van der Waals surface area contributed by atoms with Crippen LogP contribution in [0.5, 0.6) is 0 Å². The molecule has 7 nitrogen and oxygen atoms in total. The van der Waals surface area contributed by atoms with Crippen molar-refractivity contribution in [1.29, 1.82) is 0 Å². The van der Waals surface area contributed by atoms with Crippen LogP contribution < -0.4 is 10.2 Å². The van der Waals surface area contributed by atoms with Crippen LogP contribution in [0.25, 0.3) is 0 Å². The minimum Gasteiger partial charge on any atom is -0.462 e. The molecule has 3 aromatic rings. The van der Waals surface area contributed by atoms with E-state index >= 15 is 0 Å². The van der Waals surface area contributed by atoms with Crippen molar-refractivity contribution < 1.29 is 23.9 Å². The normalized spacial score (nSPS) is 14.8. The Hall–Kier alpha value is -3.81. The van der Waals surface area contributed by atoms with Gasteiger partial charge in [-0.2, -0.15) is 0 Å². The van der Waals surface area contributed by atoms with E-state index in [4.69, 9.17) is 32.7 Å². The van der Waals surface area contributed by atoms with Gasteiger partial charge in [0.1, 0.15) is 5.70 Å². The van der Waals surface area contributed by atoms with Crippen LogP contribution in [0.4, 0.5) is 11.4 Å². The van der Waals surface area contributed by atoms with Gasteiger partial charge in [0.05, 0.1) is 30.4 Å². The summed E-state index contributed by atoms with van der Waals surface area (Å²) < 4.78 is 10.1. The molecule has 1 N–H and O–H groups in total. The first-order chi connectivity index (χ1) is 17.8. The Balaban J connectivity index is 1.66. The maximum atomic E-state index is 13.6. The fourth-order valence-corrected chi connectivity index (χ4v) is 4.46. The second kappa shape index (κ2) is 11.5. The van der Waals surface area contributed by atoms with Crippen molar-refractivity contribution in [3.63, 3.8) is 0 Å². The zero-order valence-corrected chi connectivity index (χ0v) is 21.7. The van der Waals surface area contributed by atoms with Gasteiger partial charge in [-0.15, -0.1) is 0 Å². The van der Waals surface area contributed by atoms with Crippen LogP contribution >= 0.6 is 23.2 Å². The molecule has 1 atom stereocenters. The number of nitrogens with zero attached hydrogens (tertiary/aromatic N) is 1. The molecule has 1 heterocycles. The first-order valence-electron chi connectivity index (χ1n) is 11.6. The third-order valence-electron chi connectivity index (χ3n) is 5.66. The summed E-state index contributed by atoms with van der Waals surface area (Å²) in [4.78, 5) is 39.2. The van der Waals surface area contributed by atoms with E-state index in [1.165, 1.54) is 0 Å². The molecule has 0 spiro atoms. The van der Waals surface area contributed by atoms with E-state index in [1.54, 1.807) is 91.6 Å². The summed E-state index contributed by atoms with van der Waals surface area (Å²) in [5.74, 6) is -1.15. The highest BCUT2D eigenvalue weighted by Crippen LogP contribution is 2.39. The Morgan fingerprint density at radius 1 is 0.865 bits per heavy atom. The van der Waals surface area contributed by atoms with Crippen LogP contribution in [0.1, 0.15) is 46.2 Å². The zero-order valence-electron chi connectivity index (χ0n) is 20.2. The maximum absolute atomic E-state index is 13.6. The average Bonchev–Trinajstić information content (AvgIpc) is 3.20. The molecular formula is C28H24Cl2N2O5. The van der Waals surface area contributed by atoms with Crippen molar-refractivity contribution in [2.75, 3.05) is 23.4 Å². The van der Waals surface area contributed by atoms with Crippen LogP contribution in [0, 0.1) is 0 Å². The van der Waals surface area contributed by atoms with Gasteiger partial charge in [0.2, 0.25) is 0 Å². The number of halogens is 2. The molecule has 0 aromatic heterocycles. The Labute approximate surface area is 224 Å². The number of nitrogens with one attached hydrogen (secondary N) is 1. The number of hydrogen-bond donors (Lipinski definition) is 1. The lowest BCUT2D eigenvalue weighted by Crippen LogP contribution is -2.31. The minimum atomic E-state index is -0.535. The Morgan fingerprint density at radius 2 is 1.43 bits per heavy atom. The fraction of sp³-hybridized carbons (Fsp3) is 0.179. The van der Waals surface area contributed by atoms with E-state index in [0.717, 1.165) is 0 Å². The Morgan fingerprint density at radius 3 is 1.97 bits per heavy atom. The number of benzene rings is 3. The van der Waals surface area contributed by atoms with Gasteiger partial charge in [-0.1, -0.05) is 29.3 Å². The number of rotatable bonds is 8. The van der Waals surface area contributed by atoms with Crippen molar-refractivity contribution in [3.05, 3.63) is 105 Å². The molecule has 4 rings (SSSR count). The van der Waals surface area contributed by atoms with Crippen molar-refractivity contribution in [1.82, 2.24) is 0 Å². The van der Waals surface area contributed by atoms with E-state index < -0.39 is 18.0 Å². The molecule has 9 heteroatoms. The van der Waals surface area contributed by atoms with Gasteiger partial charge in [0.15, 0.2) is 0 Å². The summed E-state index contributed by atoms with van der Waals surface area (Å²) in [7, 11) is 0. The highest BCUT2D eigenvalue weighted by atomic mass is 35.5. The Kier molecular flexibility index (Phi) is 8.16. The first kappa shape index (κ1) is 26.3. The van der Waals surface area contributed by atoms with Gasteiger partial charge in [-0.05, 0) is 86.2 Å². The monoisotopic (exact) mass is 538 g/mol. The number of carbonyl (C=O) groups is 3. The summed E-state index contributed by atoms with van der Waals surface area (Å²) in [6.07, 6.45) is 1.77. The van der Waals surface area contributed by atoms with E-state index in [-0.39, 0.29) is 19.1 Å². The molecule has 37 heavy (non-hydrogen) atoms. The quantitative estimate of drug-likeness (QED) is 0.332. The molecule has 3 aromatic carbocycles. The number of carbonyl (C=O) groups excluding carboxylic acids is 3. The predicted molar refractivity (Wildman–Crippen MR) is 143 cm³/mol. The van der Waals surface area contributed by atoms with Gasteiger partial charge < -0.3 is 14.8 Å². The molecular weight excluding hydrogens is 515 g/mol. The molecule has 1 amide bonds. The van der Waals surface area contributed by atoms with E-state index in [0.29, 0.717) is 43.8 Å². The molecule has 0 unspecified atom stereocenters. The van der Waals surface area contributed by atoms with Crippen LogP contribution in [0.2, 0.25) is 10.0 Å². The molecule has 0 radical (unpaired) electrons. The SMILES string of the molecule is CCOC(=O)c1ccc(NC2=C[C@@H](c3ccc(Cl)cc3Cl)N(c3ccc(C(=O)OCC)cc3)C2=O)cc1. The third kappa shape index (κ3) is 5.79. The highest BCUT2D eigenvalue weighted by molar-refractivity contribution is 6.35. The predicted octanol–water partition coefficient (Wildman–Crippen LogP) is 6.43. The van der Waals surface area contributed by atoms with Gasteiger partial charge in [-0.3, -0.25) is 9.69 Å². The largest absolute Gasteiger partial charge is 0.462 e. The van der Waals surface area contributed by atoms with Gasteiger partial charge in [0.25, 0.3) is 5.91 Å². The van der Waals surface area contributed by atoms with E-state index in [9.17, 15) is 14.4 Å². The summed E-state index contributed by atoms with van der Waals surface area (Å²) in [6.45, 7) is 4.03. The number of ether oxygens (including phenoxy) is 2. The summed E-state index contributed by atoms with van der Waals surface area (Å²) in [5, 5.41) is 4.03. The molecule has 1 aliphatic rings. The molecule has 0 saturated heterocycles. The molecule has 0 bridgehead atoms. The molecule has 0 fully saturated rings. The lowest BCUT2D eigenvalue weighted by molar-refractivity contribution is -0.114. The van der Waals surface area contributed by atoms with E-state index in [2.05, 4.69) is 5.32 Å². The molecule has 0 saturated carbocycles. The van der Waals surface area contributed by atoms with Gasteiger partial charge in [0, 0.05) is 21.4 Å². The number of amides is 1. The maximum Gasteiger partial charge on any atom is 0.338 e. The van der Waals surface area contributed by atoms with Crippen molar-refractivity contribution in [2.24, 2.45) is 0 Å². The number of hydrogen-bond acceptors (Lipinski definition) is 6. The second-order valence-corrected chi connectivity index (χ2v) is 8.90. The molecule has 190 valence electrons. The zero-order chi connectivity index (χ0) is 26.5. The number of esters is 2. The molecule has 1 aliphatic heterocycles. The lowest BCUT2D eigenvalue weighted by atomic mass is 10.1.